The molecule has 0 atom stereocenters. The molecule has 0 aromatic heterocycles. The van der Waals surface area contributed by atoms with Crippen LogP contribution in [0.3, 0.4) is 0 Å². The van der Waals surface area contributed by atoms with Crippen LogP contribution in [0.2, 0.25) is 0 Å². The molecule has 2 aromatic rings. The molecule has 0 saturated heterocycles. The van der Waals surface area contributed by atoms with Crippen LogP contribution in [0, 0.1) is 0 Å². The summed E-state index contributed by atoms with van der Waals surface area (Å²) < 4.78 is 10.4. The summed E-state index contributed by atoms with van der Waals surface area (Å²) >= 11 is 0. The molecule has 2 N–H and O–H groups in total. The third kappa shape index (κ3) is 5.33. The SMILES string of the molecule is COc1ccc(OC)c(NC(=O)c2ccccc2NC(=O)C=CC(=O)[O-])c1. The van der Waals surface area contributed by atoms with Crippen molar-refractivity contribution in [2.45, 2.75) is 0 Å². The van der Waals surface area contributed by atoms with Crippen molar-refractivity contribution in [3.8, 4) is 11.5 Å². The highest BCUT2D eigenvalue weighted by Crippen LogP contribution is 2.29. The first-order valence-electron chi connectivity index (χ1n) is 7.77. The first kappa shape index (κ1) is 19.5. The maximum atomic E-state index is 12.7. The van der Waals surface area contributed by atoms with Gasteiger partial charge in [0.1, 0.15) is 11.5 Å². The minimum Gasteiger partial charge on any atom is -0.545 e. The number of anilines is 2. The molecule has 0 radical (unpaired) electrons. The Bertz CT molecular complexity index is 892. The van der Waals surface area contributed by atoms with Crippen LogP contribution in [0.15, 0.2) is 54.6 Å². The molecule has 0 unspecified atom stereocenters. The Balaban J connectivity index is 2.25. The number of carboxylic acid groups (broad SMARTS) is 1. The molecule has 2 amide bonds. The van der Waals surface area contributed by atoms with E-state index in [1.54, 1.807) is 30.3 Å². The Morgan fingerprint density at radius 1 is 0.926 bits per heavy atom. The quantitative estimate of drug-likeness (QED) is 0.709. The predicted octanol–water partition coefficient (Wildman–Crippen LogP) is 1.20. The lowest BCUT2D eigenvalue weighted by atomic mass is 10.1. The van der Waals surface area contributed by atoms with E-state index in [2.05, 4.69) is 10.6 Å². The average molecular weight is 369 g/mol. The zero-order valence-electron chi connectivity index (χ0n) is 14.6. The summed E-state index contributed by atoms with van der Waals surface area (Å²) in [4.78, 5) is 34.8. The molecule has 0 aliphatic rings. The monoisotopic (exact) mass is 369 g/mol. The van der Waals surface area contributed by atoms with E-state index in [-0.39, 0.29) is 11.3 Å². The van der Waals surface area contributed by atoms with Crippen molar-refractivity contribution in [1.82, 2.24) is 0 Å². The molecular weight excluding hydrogens is 352 g/mol. The fourth-order valence-corrected chi connectivity index (χ4v) is 2.21. The second kappa shape index (κ2) is 9.04. The number of methoxy groups -OCH3 is 2. The maximum Gasteiger partial charge on any atom is 0.257 e. The fraction of sp³-hybridized carbons (Fsp3) is 0.105. The number of hydrogen-bond donors (Lipinski definition) is 2. The maximum absolute atomic E-state index is 12.7. The lowest BCUT2D eigenvalue weighted by Gasteiger charge is -2.13. The van der Waals surface area contributed by atoms with Gasteiger partial charge < -0.3 is 30.0 Å². The van der Waals surface area contributed by atoms with E-state index in [1.807, 2.05) is 0 Å². The van der Waals surface area contributed by atoms with E-state index in [0.29, 0.717) is 23.3 Å². The Hall–Kier alpha value is -3.81. The lowest BCUT2D eigenvalue weighted by molar-refractivity contribution is -0.297. The number of amides is 2. The van der Waals surface area contributed by atoms with Crippen LogP contribution in [0.5, 0.6) is 11.5 Å². The van der Waals surface area contributed by atoms with Gasteiger partial charge in [0.25, 0.3) is 5.91 Å². The van der Waals surface area contributed by atoms with Gasteiger partial charge in [-0.2, -0.15) is 0 Å². The molecule has 140 valence electrons. The van der Waals surface area contributed by atoms with Crippen molar-refractivity contribution < 1.29 is 29.0 Å². The van der Waals surface area contributed by atoms with E-state index in [0.717, 1.165) is 6.08 Å². The van der Waals surface area contributed by atoms with Crippen molar-refractivity contribution >= 4 is 29.2 Å². The van der Waals surface area contributed by atoms with Crippen molar-refractivity contribution in [3.05, 3.63) is 60.2 Å². The largest absolute Gasteiger partial charge is 0.545 e. The van der Waals surface area contributed by atoms with Crippen LogP contribution < -0.4 is 25.2 Å². The third-order valence-corrected chi connectivity index (χ3v) is 3.46. The fourth-order valence-electron chi connectivity index (χ4n) is 2.21. The number of carbonyl (C=O) groups excluding carboxylic acids is 3. The Labute approximate surface area is 155 Å². The van der Waals surface area contributed by atoms with Gasteiger partial charge in [0.2, 0.25) is 5.91 Å². The van der Waals surface area contributed by atoms with Crippen molar-refractivity contribution in [3.63, 3.8) is 0 Å². The van der Waals surface area contributed by atoms with Gasteiger partial charge >= 0.3 is 0 Å². The molecule has 0 spiro atoms. The molecule has 0 aliphatic carbocycles. The van der Waals surface area contributed by atoms with Crippen LogP contribution in [0.25, 0.3) is 0 Å². The number of carboxylic acids is 1. The molecule has 2 rings (SSSR count). The minimum absolute atomic E-state index is 0.178. The van der Waals surface area contributed by atoms with E-state index in [1.165, 1.54) is 26.4 Å². The summed E-state index contributed by atoms with van der Waals surface area (Å²) in [6, 6.07) is 11.2. The zero-order valence-corrected chi connectivity index (χ0v) is 14.6. The van der Waals surface area contributed by atoms with Gasteiger partial charge in [-0.1, -0.05) is 12.1 Å². The van der Waals surface area contributed by atoms with Crippen molar-refractivity contribution in [2.75, 3.05) is 24.9 Å². The Morgan fingerprint density at radius 2 is 1.67 bits per heavy atom. The van der Waals surface area contributed by atoms with Gasteiger partial charge in [0.05, 0.1) is 37.1 Å². The second-order valence-electron chi connectivity index (χ2n) is 5.21. The van der Waals surface area contributed by atoms with Gasteiger partial charge in [-0.15, -0.1) is 0 Å². The Morgan fingerprint density at radius 3 is 2.33 bits per heavy atom. The molecule has 8 nitrogen and oxygen atoms in total. The molecule has 0 heterocycles. The third-order valence-electron chi connectivity index (χ3n) is 3.46. The summed E-state index contributed by atoms with van der Waals surface area (Å²) in [5, 5.41) is 15.5. The number of rotatable bonds is 7. The highest BCUT2D eigenvalue weighted by Gasteiger charge is 2.15. The topological polar surface area (TPSA) is 117 Å². The average Bonchev–Trinajstić information content (AvgIpc) is 2.66. The van der Waals surface area contributed by atoms with Crippen LogP contribution in [-0.4, -0.2) is 32.0 Å². The van der Waals surface area contributed by atoms with Crippen LogP contribution in [-0.2, 0) is 9.59 Å². The number of hydrogen-bond acceptors (Lipinski definition) is 6. The molecule has 0 aliphatic heterocycles. The molecule has 8 heteroatoms. The number of nitrogens with one attached hydrogen (secondary N) is 2. The van der Waals surface area contributed by atoms with Gasteiger partial charge in [0.15, 0.2) is 0 Å². The molecular formula is C19H17N2O6-. The number of carbonyl (C=O) groups is 3. The number of para-hydroxylation sites is 1. The number of aliphatic carboxylic acids is 1. The van der Waals surface area contributed by atoms with Crippen LogP contribution in [0.1, 0.15) is 10.4 Å². The number of benzene rings is 2. The molecule has 2 aromatic carbocycles. The molecule has 0 bridgehead atoms. The van der Waals surface area contributed by atoms with Gasteiger partial charge in [0, 0.05) is 12.1 Å². The molecule has 0 saturated carbocycles. The molecule has 0 fully saturated rings. The first-order chi connectivity index (χ1) is 12.9. The van der Waals surface area contributed by atoms with Gasteiger partial charge in [-0.25, -0.2) is 0 Å². The van der Waals surface area contributed by atoms with E-state index >= 15 is 0 Å². The highest BCUT2D eigenvalue weighted by molar-refractivity contribution is 6.12. The summed E-state index contributed by atoms with van der Waals surface area (Å²) in [6.45, 7) is 0. The molecule has 27 heavy (non-hydrogen) atoms. The van der Waals surface area contributed by atoms with E-state index < -0.39 is 17.8 Å². The number of ether oxygens (including phenoxy) is 2. The van der Waals surface area contributed by atoms with Gasteiger partial charge in [-0.3, -0.25) is 9.59 Å². The predicted molar refractivity (Wildman–Crippen MR) is 96.7 cm³/mol. The van der Waals surface area contributed by atoms with Crippen LogP contribution >= 0.6 is 0 Å². The summed E-state index contributed by atoms with van der Waals surface area (Å²) in [6.07, 6.45) is 1.40. The summed E-state index contributed by atoms with van der Waals surface area (Å²) in [5.74, 6) is -1.75. The van der Waals surface area contributed by atoms with Crippen molar-refractivity contribution in [2.24, 2.45) is 0 Å². The van der Waals surface area contributed by atoms with Crippen molar-refractivity contribution in [1.29, 1.82) is 0 Å². The lowest BCUT2D eigenvalue weighted by Crippen LogP contribution is -2.20. The first-order valence-corrected chi connectivity index (χ1v) is 7.77. The van der Waals surface area contributed by atoms with E-state index in [9.17, 15) is 19.5 Å². The highest BCUT2D eigenvalue weighted by atomic mass is 16.5. The summed E-state index contributed by atoms with van der Waals surface area (Å²) in [5.41, 5.74) is 0.780. The zero-order chi connectivity index (χ0) is 19.8. The standard InChI is InChI=1S/C19H18N2O6/c1-26-12-7-8-16(27-2)15(11-12)21-19(25)13-5-3-4-6-14(13)20-17(22)9-10-18(23)24/h3-11H,1-2H3,(H,20,22)(H,21,25)(H,23,24)/p-1. The minimum atomic E-state index is -1.50. The normalized spacial score (nSPS) is 10.3. The second-order valence-corrected chi connectivity index (χ2v) is 5.21. The van der Waals surface area contributed by atoms with E-state index in [4.69, 9.17) is 9.47 Å². The Kier molecular flexibility index (Phi) is 6.54. The van der Waals surface area contributed by atoms with Crippen LogP contribution in [0.4, 0.5) is 11.4 Å². The summed E-state index contributed by atoms with van der Waals surface area (Å²) in [7, 11) is 2.97. The smallest absolute Gasteiger partial charge is 0.257 e. The van der Waals surface area contributed by atoms with Gasteiger partial charge in [-0.05, 0) is 30.3 Å².